The van der Waals surface area contributed by atoms with E-state index < -0.39 is 0 Å². The maximum atomic E-state index is 11.7. The highest BCUT2D eigenvalue weighted by Crippen LogP contribution is 2.22. The van der Waals surface area contributed by atoms with Crippen molar-refractivity contribution < 1.29 is 4.79 Å². The van der Waals surface area contributed by atoms with Gasteiger partial charge in [0.05, 0.1) is 10.0 Å². The van der Waals surface area contributed by atoms with Crippen LogP contribution in [-0.2, 0) is 6.54 Å². The van der Waals surface area contributed by atoms with Crippen molar-refractivity contribution in [1.29, 1.82) is 0 Å². The molecule has 2 aromatic rings. The first-order valence-corrected chi connectivity index (χ1v) is 6.05. The van der Waals surface area contributed by atoms with E-state index in [0.29, 0.717) is 22.3 Å². The molecule has 1 aromatic heterocycles. The standard InChI is InChI=1S/C13H10Cl2N2O/c14-10-5-4-9(7-11(10)15)8-17-13(18)12-3-1-2-6-16-12/h1-7H,8H2,(H,17,18). The van der Waals surface area contributed by atoms with Gasteiger partial charge in [-0.1, -0.05) is 35.3 Å². The van der Waals surface area contributed by atoms with Gasteiger partial charge in [0, 0.05) is 12.7 Å². The molecule has 0 spiro atoms. The second-order valence-corrected chi connectivity index (χ2v) is 4.46. The molecule has 1 N–H and O–H groups in total. The fraction of sp³-hybridized carbons (Fsp3) is 0.0769. The molecule has 2 rings (SSSR count). The van der Waals surface area contributed by atoms with Gasteiger partial charge in [-0.15, -0.1) is 0 Å². The van der Waals surface area contributed by atoms with Crippen molar-refractivity contribution in [3.63, 3.8) is 0 Å². The van der Waals surface area contributed by atoms with Crippen LogP contribution in [0.2, 0.25) is 10.0 Å². The van der Waals surface area contributed by atoms with Gasteiger partial charge in [0.25, 0.3) is 5.91 Å². The summed E-state index contributed by atoms with van der Waals surface area (Å²) in [5, 5.41) is 3.73. The van der Waals surface area contributed by atoms with Crippen molar-refractivity contribution >= 4 is 29.1 Å². The van der Waals surface area contributed by atoms with Crippen molar-refractivity contribution in [2.75, 3.05) is 0 Å². The van der Waals surface area contributed by atoms with Crippen LogP contribution in [-0.4, -0.2) is 10.9 Å². The summed E-state index contributed by atoms with van der Waals surface area (Å²) < 4.78 is 0. The van der Waals surface area contributed by atoms with Crippen molar-refractivity contribution in [3.8, 4) is 0 Å². The van der Waals surface area contributed by atoms with Gasteiger partial charge in [-0.05, 0) is 29.8 Å². The van der Waals surface area contributed by atoms with E-state index in [4.69, 9.17) is 23.2 Å². The minimum atomic E-state index is -0.221. The maximum Gasteiger partial charge on any atom is 0.270 e. The fourth-order valence-corrected chi connectivity index (χ4v) is 1.74. The molecule has 0 radical (unpaired) electrons. The van der Waals surface area contributed by atoms with Gasteiger partial charge in [-0.2, -0.15) is 0 Å². The smallest absolute Gasteiger partial charge is 0.270 e. The molecule has 0 bridgehead atoms. The van der Waals surface area contributed by atoms with Crippen LogP contribution < -0.4 is 5.32 Å². The summed E-state index contributed by atoms with van der Waals surface area (Å²) in [5.41, 5.74) is 1.27. The Morgan fingerprint density at radius 2 is 2.00 bits per heavy atom. The lowest BCUT2D eigenvalue weighted by Crippen LogP contribution is -2.23. The highest BCUT2D eigenvalue weighted by atomic mass is 35.5. The topological polar surface area (TPSA) is 42.0 Å². The Bertz CT molecular complexity index is 558. The average Bonchev–Trinajstić information content (AvgIpc) is 2.41. The Morgan fingerprint density at radius 3 is 2.67 bits per heavy atom. The SMILES string of the molecule is O=C(NCc1ccc(Cl)c(Cl)c1)c1ccccn1. The second-order valence-electron chi connectivity index (χ2n) is 3.65. The number of rotatable bonds is 3. The number of hydrogen-bond acceptors (Lipinski definition) is 2. The molecule has 0 aliphatic heterocycles. The Balaban J connectivity index is 1.99. The van der Waals surface area contributed by atoms with Crippen LogP contribution in [0.15, 0.2) is 42.6 Å². The molecular weight excluding hydrogens is 271 g/mol. The van der Waals surface area contributed by atoms with Crippen LogP contribution in [0.5, 0.6) is 0 Å². The lowest BCUT2D eigenvalue weighted by molar-refractivity contribution is 0.0946. The Kier molecular flexibility index (Phi) is 4.18. The van der Waals surface area contributed by atoms with Crippen molar-refractivity contribution in [2.24, 2.45) is 0 Å². The van der Waals surface area contributed by atoms with Crippen LogP contribution in [0.1, 0.15) is 16.1 Å². The quantitative estimate of drug-likeness (QED) is 0.937. The lowest BCUT2D eigenvalue weighted by Gasteiger charge is -2.05. The molecule has 0 saturated carbocycles. The number of benzene rings is 1. The number of aromatic nitrogens is 1. The van der Waals surface area contributed by atoms with Gasteiger partial charge in [0.15, 0.2) is 0 Å². The highest BCUT2D eigenvalue weighted by Gasteiger charge is 2.06. The summed E-state index contributed by atoms with van der Waals surface area (Å²) in [6.45, 7) is 0.381. The first-order chi connectivity index (χ1) is 8.66. The molecule has 3 nitrogen and oxygen atoms in total. The van der Waals surface area contributed by atoms with Crippen LogP contribution in [0.3, 0.4) is 0 Å². The largest absolute Gasteiger partial charge is 0.347 e. The summed E-state index contributed by atoms with van der Waals surface area (Å²) in [7, 11) is 0. The summed E-state index contributed by atoms with van der Waals surface area (Å²) in [5.74, 6) is -0.221. The molecule has 92 valence electrons. The zero-order valence-electron chi connectivity index (χ0n) is 9.36. The molecule has 0 aliphatic carbocycles. The first-order valence-electron chi connectivity index (χ1n) is 5.30. The number of carbonyl (C=O) groups is 1. The molecule has 0 atom stereocenters. The van der Waals surface area contributed by atoms with Crippen LogP contribution in [0.4, 0.5) is 0 Å². The molecular formula is C13H10Cl2N2O. The van der Waals surface area contributed by atoms with E-state index in [2.05, 4.69) is 10.3 Å². The third kappa shape index (κ3) is 3.22. The molecule has 1 heterocycles. The normalized spacial score (nSPS) is 10.1. The van der Waals surface area contributed by atoms with Crippen LogP contribution in [0, 0.1) is 0 Å². The number of nitrogens with one attached hydrogen (secondary N) is 1. The third-order valence-electron chi connectivity index (χ3n) is 2.33. The van der Waals surface area contributed by atoms with E-state index in [-0.39, 0.29) is 5.91 Å². The minimum Gasteiger partial charge on any atom is -0.347 e. The van der Waals surface area contributed by atoms with Crippen molar-refractivity contribution in [2.45, 2.75) is 6.54 Å². The van der Waals surface area contributed by atoms with Gasteiger partial charge >= 0.3 is 0 Å². The number of halogens is 2. The first kappa shape index (κ1) is 12.9. The number of pyridine rings is 1. The van der Waals surface area contributed by atoms with Gasteiger partial charge in [0.2, 0.25) is 0 Å². The Labute approximate surface area is 115 Å². The molecule has 0 aliphatic rings. The third-order valence-corrected chi connectivity index (χ3v) is 3.07. The van der Waals surface area contributed by atoms with E-state index >= 15 is 0 Å². The van der Waals surface area contributed by atoms with Gasteiger partial charge in [-0.25, -0.2) is 0 Å². The Hall–Kier alpha value is -1.58. The number of nitrogens with zero attached hydrogens (tertiary/aromatic N) is 1. The molecule has 0 saturated heterocycles. The number of hydrogen-bond donors (Lipinski definition) is 1. The van der Waals surface area contributed by atoms with Gasteiger partial charge in [-0.3, -0.25) is 9.78 Å². The number of amides is 1. The van der Waals surface area contributed by atoms with E-state index in [1.54, 1.807) is 36.5 Å². The predicted octanol–water partition coefficient (Wildman–Crippen LogP) is 3.32. The highest BCUT2D eigenvalue weighted by molar-refractivity contribution is 6.42. The molecule has 0 fully saturated rings. The second kappa shape index (κ2) is 5.85. The molecule has 18 heavy (non-hydrogen) atoms. The number of carbonyl (C=O) groups excluding carboxylic acids is 1. The van der Waals surface area contributed by atoms with Crippen molar-refractivity contribution in [1.82, 2.24) is 10.3 Å². The minimum absolute atomic E-state index is 0.221. The van der Waals surface area contributed by atoms with E-state index in [9.17, 15) is 4.79 Å². The summed E-state index contributed by atoms with van der Waals surface area (Å²) >= 11 is 11.7. The summed E-state index contributed by atoms with van der Waals surface area (Å²) in [4.78, 5) is 15.7. The van der Waals surface area contributed by atoms with Crippen LogP contribution >= 0.6 is 23.2 Å². The lowest BCUT2D eigenvalue weighted by atomic mass is 10.2. The van der Waals surface area contributed by atoms with E-state index in [1.165, 1.54) is 0 Å². The van der Waals surface area contributed by atoms with Crippen molar-refractivity contribution in [3.05, 3.63) is 63.9 Å². The summed E-state index contributed by atoms with van der Waals surface area (Å²) in [6, 6.07) is 10.4. The zero-order valence-corrected chi connectivity index (χ0v) is 10.9. The van der Waals surface area contributed by atoms with E-state index in [0.717, 1.165) is 5.56 Å². The monoisotopic (exact) mass is 280 g/mol. The van der Waals surface area contributed by atoms with E-state index in [1.807, 2.05) is 6.07 Å². The zero-order chi connectivity index (χ0) is 13.0. The van der Waals surface area contributed by atoms with Gasteiger partial charge in [0.1, 0.15) is 5.69 Å². The Morgan fingerprint density at radius 1 is 1.17 bits per heavy atom. The molecule has 1 amide bonds. The van der Waals surface area contributed by atoms with Crippen LogP contribution in [0.25, 0.3) is 0 Å². The fourth-order valence-electron chi connectivity index (χ4n) is 1.42. The maximum absolute atomic E-state index is 11.7. The summed E-state index contributed by atoms with van der Waals surface area (Å²) in [6.07, 6.45) is 1.58. The molecule has 1 aromatic carbocycles. The predicted molar refractivity (Wildman–Crippen MR) is 71.9 cm³/mol. The molecule has 0 unspecified atom stereocenters. The average molecular weight is 281 g/mol. The van der Waals surface area contributed by atoms with Gasteiger partial charge < -0.3 is 5.32 Å². The molecule has 5 heteroatoms.